The van der Waals surface area contributed by atoms with Gasteiger partial charge >= 0.3 is 6.03 Å². The minimum absolute atomic E-state index is 0.163. The van der Waals surface area contributed by atoms with Crippen LogP contribution < -0.4 is 10.6 Å². The van der Waals surface area contributed by atoms with Gasteiger partial charge in [-0.3, -0.25) is 15.4 Å². The zero-order valence-electron chi connectivity index (χ0n) is 10.1. The van der Waals surface area contributed by atoms with E-state index in [2.05, 4.69) is 15.6 Å². The molecule has 8 heteroatoms. The van der Waals surface area contributed by atoms with E-state index in [1.54, 1.807) is 30.3 Å². The second-order valence-electron chi connectivity index (χ2n) is 3.76. The number of hydrogen-bond donors (Lipinski definition) is 3. The minimum atomic E-state index is -0.694. The van der Waals surface area contributed by atoms with E-state index in [0.29, 0.717) is 5.69 Å². The minimum Gasteiger partial charge on any atom is -0.504 e. The van der Waals surface area contributed by atoms with Crippen LogP contribution in [0.15, 0.2) is 42.6 Å². The first kappa shape index (κ1) is 13.3. The van der Waals surface area contributed by atoms with Crippen LogP contribution in [0.5, 0.6) is 5.75 Å². The summed E-state index contributed by atoms with van der Waals surface area (Å²) in [6.45, 7) is 0. The number of nitrogens with one attached hydrogen (secondary N) is 2. The molecular weight excluding hydrogens is 264 g/mol. The van der Waals surface area contributed by atoms with Crippen molar-refractivity contribution in [1.82, 2.24) is 4.98 Å². The molecule has 0 spiro atoms. The molecule has 0 unspecified atom stereocenters. The summed E-state index contributed by atoms with van der Waals surface area (Å²) < 4.78 is 0. The third kappa shape index (κ3) is 3.19. The summed E-state index contributed by atoms with van der Waals surface area (Å²) >= 11 is 0. The van der Waals surface area contributed by atoms with Crippen molar-refractivity contribution in [1.29, 1.82) is 0 Å². The summed E-state index contributed by atoms with van der Waals surface area (Å²) in [6, 6.07) is 8.95. The van der Waals surface area contributed by atoms with Crippen LogP contribution in [0.25, 0.3) is 0 Å². The van der Waals surface area contributed by atoms with Crippen molar-refractivity contribution in [2.24, 2.45) is 0 Å². The van der Waals surface area contributed by atoms with Gasteiger partial charge in [0, 0.05) is 5.69 Å². The molecule has 1 heterocycles. The van der Waals surface area contributed by atoms with Gasteiger partial charge in [0.15, 0.2) is 11.6 Å². The maximum atomic E-state index is 11.6. The standard InChI is InChI=1S/C12H10N4O4/c17-10-6-9(16(19)20)7-13-11(10)15-12(18)14-8-4-2-1-3-5-8/h1-7,17H,(H2,13,14,15,18). The number of para-hydroxylation sites is 1. The number of aromatic hydroxyl groups is 1. The number of anilines is 2. The van der Waals surface area contributed by atoms with Gasteiger partial charge in [0.05, 0.1) is 11.0 Å². The second kappa shape index (κ2) is 5.65. The van der Waals surface area contributed by atoms with E-state index in [9.17, 15) is 20.0 Å². The molecule has 1 aromatic heterocycles. The van der Waals surface area contributed by atoms with Gasteiger partial charge in [-0.05, 0) is 12.1 Å². The molecule has 0 saturated carbocycles. The van der Waals surface area contributed by atoms with Crippen LogP contribution in [-0.2, 0) is 0 Å². The number of hydrogen-bond acceptors (Lipinski definition) is 5. The Morgan fingerprint density at radius 1 is 1.25 bits per heavy atom. The Labute approximate surface area is 113 Å². The monoisotopic (exact) mass is 274 g/mol. The number of benzene rings is 1. The number of nitrogens with zero attached hydrogens (tertiary/aromatic N) is 2. The highest BCUT2D eigenvalue weighted by atomic mass is 16.6. The quantitative estimate of drug-likeness (QED) is 0.586. The SMILES string of the molecule is O=C(Nc1ccccc1)Nc1ncc([N+](=O)[O-])cc1O. The molecule has 0 radical (unpaired) electrons. The van der Waals surface area contributed by atoms with E-state index < -0.39 is 16.7 Å². The Morgan fingerprint density at radius 3 is 2.55 bits per heavy atom. The number of amides is 2. The average Bonchev–Trinajstić information content (AvgIpc) is 2.42. The maximum absolute atomic E-state index is 11.6. The van der Waals surface area contributed by atoms with Crippen LogP contribution in [-0.4, -0.2) is 21.0 Å². The number of carbonyl (C=O) groups excluding carboxylic acids is 1. The number of carbonyl (C=O) groups is 1. The molecule has 0 aliphatic rings. The molecule has 2 rings (SSSR count). The molecule has 0 fully saturated rings. The lowest BCUT2D eigenvalue weighted by Gasteiger charge is -2.07. The number of urea groups is 1. The highest BCUT2D eigenvalue weighted by Gasteiger charge is 2.13. The van der Waals surface area contributed by atoms with E-state index >= 15 is 0 Å². The Bertz CT molecular complexity index is 645. The van der Waals surface area contributed by atoms with Crippen LogP contribution in [0, 0.1) is 10.1 Å². The molecule has 3 N–H and O–H groups in total. The fraction of sp³-hybridized carbons (Fsp3) is 0. The zero-order valence-corrected chi connectivity index (χ0v) is 10.1. The Hall–Kier alpha value is -3.16. The summed E-state index contributed by atoms with van der Waals surface area (Å²) in [7, 11) is 0. The third-order valence-corrected chi connectivity index (χ3v) is 2.33. The molecule has 2 amide bonds. The number of rotatable bonds is 3. The molecule has 8 nitrogen and oxygen atoms in total. The smallest absolute Gasteiger partial charge is 0.324 e. The molecule has 0 aliphatic heterocycles. The molecule has 0 atom stereocenters. The van der Waals surface area contributed by atoms with Crippen LogP contribution in [0.4, 0.5) is 22.0 Å². The number of nitro groups is 1. The van der Waals surface area contributed by atoms with Crippen LogP contribution in [0.1, 0.15) is 0 Å². The van der Waals surface area contributed by atoms with E-state index in [4.69, 9.17) is 0 Å². The average molecular weight is 274 g/mol. The van der Waals surface area contributed by atoms with Gasteiger partial charge in [-0.15, -0.1) is 0 Å². The first-order valence-electron chi connectivity index (χ1n) is 5.53. The molecular formula is C12H10N4O4. The van der Waals surface area contributed by atoms with Gasteiger partial charge in [-0.25, -0.2) is 9.78 Å². The van der Waals surface area contributed by atoms with Crippen molar-refractivity contribution >= 4 is 23.2 Å². The Morgan fingerprint density at radius 2 is 1.95 bits per heavy atom. The summed E-state index contributed by atoms with van der Waals surface area (Å²) in [5.74, 6) is -0.647. The largest absolute Gasteiger partial charge is 0.504 e. The van der Waals surface area contributed by atoms with Crippen LogP contribution in [0.2, 0.25) is 0 Å². The van der Waals surface area contributed by atoms with E-state index in [0.717, 1.165) is 12.3 Å². The van der Waals surface area contributed by atoms with Crippen LogP contribution >= 0.6 is 0 Å². The van der Waals surface area contributed by atoms with Crippen molar-refractivity contribution < 1.29 is 14.8 Å². The maximum Gasteiger partial charge on any atom is 0.324 e. The predicted molar refractivity (Wildman–Crippen MR) is 71.6 cm³/mol. The van der Waals surface area contributed by atoms with Crippen molar-refractivity contribution in [3.63, 3.8) is 0 Å². The molecule has 20 heavy (non-hydrogen) atoms. The fourth-order valence-corrected chi connectivity index (χ4v) is 1.43. The van der Waals surface area contributed by atoms with Crippen molar-refractivity contribution in [2.75, 3.05) is 10.6 Å². The molecule has 0 saturated heterocycles. The lowest BCUT2D eigenvalue weighted by atomic mass is 10.3. The number of pyridine rings is 1. The number of aromatic nitrogens is 1. The van der Waals surface area contributed by atoms with E-state index in [1.807, 2.05) is 0 Å². The summed E-state index contributed by atoms with van der Waals surface area (Å²) in [5, 5.41) is 24.8. The second-order valence-corrected chi connectivity index (χ2v) is 3.76. The predicted octanol–water partition coefficient (Wildman–Crippen LogP) is 2.34. The molecule has 0 aliphatic carbocycles. The van der Waals surface area contributed by atoms with Gasteiger partial charge in [0.2, 0.25) is 0 Å². The molecule has 1 aromatic carbocycles. The van der Waals surface area contributed by atoms with Gasteiger partial charge in [0.1, 0.15) is 6.20 Å². The fourth-order valence-electron chi connectivity index (χ4n) is 1.43. The lowest BCUT2D eigenvalue weighted by Crippen LogP contribution is -2.20. The molecule has 2 aromatic rings. The highest BCUT2D eigenvalue weighted by molar-refractivity contribution is 5.99. The van der Waals surface area contributed by atoms with E-state index in [-0.39, 0.29) is 11.5 Å². The van der Waals surface area contributed by atoms with Crippen molar-refractivity contribution in [3.8, 4) is 5.75 Å². The molecule has 0 bridgehead atoms. The summed E-state index contributed by atoms with van der Waals surface area (Å²) in [6.07, 6.45) is 0.942. The van der Waals surface area contributed by atoms with Gasteiger partial charge in [-0.1, -0.05) is 18.2 Å². The lowest BCUT2D eigenvalue weighted by molar-refractivity contribution is -0.385. The van der Waals surface area contributed by atoms with Gasteiger partial charge in [0.25, 0.3) is 5.69 Å². The Balaban J connectivity index is 2.06. The van der Waals surface area contributed by atoms with Gasteiger partial charge in [-0.2, -0.15) is 0 Å². The van der Waals surface area contributed by atoms with Gasteiger partial charge < -0.3 is 10.4 Å². The van der Waals surface area contributed by atoms with Crippen molar-refractivity contribution in [3.05, 3.63) is 52.7 Å². The normalized spacial score (nSPS) is 9.80. The Kier molecular flexibility index (Phi) is 3.75. The first-order chi connectivity index (χ1) is 9.56. The highest BCUT2D eigenvalue weighted by Crippen LogP contribution is 2.24. The van der Waals surface area contributed by atoms with E-state index in [1.165, 1.54) is 0 Å². The molecule has 102 valence electrons. The van der Waals surface area contributed by atoms with Crippen molar-refractivity contribution in [2.45, 2.75) is 0 Å². The summed E-state index contributed by atoms with van der Waals surface area (Å²) in [5.41, 5.74) is 0.197. The van der Waals surface area contributed by atoms with Crippen LogP contribution in [0.3, 0.4) is 0 Å². The summed E-state index contributed by atoms with van der Waals surface area (Å²) in [4.78, 5) is 25.1. The topological polar surface area (TPSA) is 117 Å². The first-order valence-corrected chi connectivity index (χ1v) is 5.53. The third-order valence-electron chi connectivity index (χ3n) is 2.33. The zero-order chi connectivity index (χ0) is 14.5.